The molecule has 2 amide bonds. The number of sulfonamides is 1. The van der Waals surface area contributed by atoms with Crippen molar-refractivity contribution in [1.29, 1.82) is 0 Å². The first-order valence-electron chi connectivity index (χ1n) is 10.1. The normalized spacial score (nSPS) is 22.8. The van der Waals surface area contributed by atoms with Gasteiger partial charge in [0.25, 0.3) is 0 Å². The lowest BCUT2D eigenvalue weighted by molar-refractivity contribution is -0.140. The van der Waals surface area contributed by atoms with Crippen LogP contribution in [0.1, 0.15) is 57.1 Å². The molecule has 6 nitrogen and oxygen atoms in total. The average molecular weight is 407 g/mol. The summed E-state index contributed by atoms with van der Waals surface area (Å²) >= 11 is 0. The van der Waals surface area contributed by atoms with Gasteiger partial charge in [0.1, 0.15) is 0 Å². The fourth-order valence-electron chi connectivity index (χ4n) is 4.16. The minimum absolute atomic E-state index is 0.102. The van der Waals surface area contributed by atoms with Crippen LogP contribution in [0.3, 0.4) is 0 Å². The van der Waals surface area contributed by atoms with Gasteiger partial charge in [-0.3, -0.25) is 14.5 Å². The van der Waals surface area contributed by atoms with Crippen LogP contribution in [0.2, 0.25) is 0 Å². The second kappa shape index (κ2) is 8.33. The molecule has 7 heteroatoms. The first-order valence-corrected chi connectivity index (χ1v) is 11.6. The van der Waals surface area contributed by atoms with E-state index in [9.17, 15) is 18.0 Å². The molecule has 0 bridgehead atoms. The molecular weight excluding hydrogens is 376 g/mol. The summed E-state index contributed by atoms with van der Waals surface area (Å²) in [5.41, 5.74) is 1.31. The van der Waals surface area contributed by atoms with Crippen LogP contribution in [0.4, 0.5) is 0 Å². The Balaban J connectivity index is 1.78. The van der Waals surface area contributed by atoms with E-state index in [0.717, 1.165) is 32.1 Å². The maximum Gasteiger partial charge on any atom is 0.240 e. The van der Waals surface area contributed by atoms with Crippen LogP contribution >= 0.6 is 0 Å². The van der Waals surface area contributed by atoms with Crippen molar-refractivity contribution in [3.63, 3.8) is 0 Å². The Hall–Kier alpha value is -1.73. The number of carbonyl (C=O) groups excluding carboxylic acids is 2. The van der Waals surface area contributed by atoms with Gasteiger partial charge in [-0.25, -0.2) is 13.1 Å². The highest BCUT2D eigenvalue weighted by Crippen LogP contribution is 2.38. The van der Waals surface area contributed by atoms with Gasteiger partial charge in [-0.05, 0) is 49.3 Å². The first kappa shape index (κ1) is 21.0. The van der Waals surface area contributed by atoms with Gasteiger partial charge in [0.15, 0.2) is 0 Å². The molecular formula is C21H30N2O4S. The van der Waals surface area contributed by atoms with Gasteiger partial charge >= 0.3 is 0 Å². The van der Waals surface area contributed by atoms with Gasteiger partial charge in [0.05, 0.1) is 23.3 Å². The molecule has 2 atom stereocenters. The molecule has 1 aromatic rings. The van der Waals surface area contributed by atoms with Gasteiger partial charge in [-0.1, -0.05) is 38.8 Å². The number of hydrogen-bond donors (Lipinski definition) is 1. The molecule has 1 aliphatic heterocycles. The average Bonchev–Trinajstić information content (AvgIpc) is 2.88. The van der Waals surface area contributed by atoms with Gasteiger partial charge in [0.2, 0.25) is 21.8 Å². The van der Waals surface area contributed by atoms with E-state index in [1.807, 2.05) is 13.8 Å². The second-order valence-corrected chi connectivity index (χ2v) is 10.2. The van der Waals surface area contributed by atoms with E-state index in [-0.39, 0.29) is 35.1 Å². The number of nitrogens with zero attached hydrogens (tertiary/aromatic N) is 1. The zero-order valence-electron chi connectivity index (χ0n) is 16.9. The zero-order valence-corrected chi connectivity index (χ0v) is 17.7. The Morgan fingerprint density at radius 2 is 1.71 bits per heavy atom. The molecule has 3 rings (SSSR count). The number of nitrogens with one attached hydrogen (secondary N) is 1. The van der Waals surface area contributed by atoms with Crippen LogP contribution in [0.5, 0.6) is 0 Å². The van der Waals surface area contributed by atoms with Crippen molar-refractivity contribution in [2.75, 3.05) is 6.54 Å². The molecule has 2 aliphatic rings. The number of fused-ring (bicyclic) bond motifs is 1. The zero-order chi connectivity index (χ0) is 20.5. The Labute approximate surface area is 167 Å². The number of aryl methyl sites for hydroxylation is 1. The van der Waals surface area contributed by atoms with Crippen molar-refractivity contribution >= 4 is 21.8 Å². The Morgan fingerprint density at radius 3 is 2.29 bits per heavy atom. The van der Waals surface area contributed by atoms with E-state index in [0.29, 0.717) is 23.6 Å². The fourth-order valence-corrected chi connectivity index (χ4v) is 5.50. The molecule has 28 heavy (non-hydrogen) atoms. The summed E-state index contributed by atoms with van der Waals surface area (Å²) in [6, 6.07) is 5.13. The van der Waals surface area contributed by atoms with Crippen LogP contribution < -0.4 is 4.72 Å². The number of benzene rings is 1. The third-order valence-corrected chi connectivity index (χ3v) is 7.43. The highest BCUT2D eigenvalue weighted by atomic mass is 32.2. The number of hydrogen-bond acceptors (Lipinski definition) is 4. The molecule has 0 aromatic heterocycles. The smallest absolute Gasteiger partial charge is 0.240 e. The van der Waals surface area contributed by atoms with Crippen molar-refractivity contribution in [3.8, 4) is 0 Å². The van der Waals surface area contributed by atoms with Crippen LogP contribution in [0, 0.1) is 24.7 Å². The minimum atomic E-state index is -3.63. The molecule has 1 saturated heterocycles. The fraction of sp³-hybridized carbons (Fsp3) is 0.619. The van der Waals surface area contributed by atoms with Gasteiger partial charge in [0, 0.05) is 6.54 Å². The maximum absolute atomic E-state index is 12.7. The van der Waals surface area contributed by atoms with Crippen LogP contribution in [-0.4, -0.2) is 31.7 Å². The van der Waals surface area contributed by atoms with E-state index < -0.39 is 10.0 Å². The molecule has 2 unspecified atom stereocenters. The molecule has 2 fully saturated rings. The SMILES string of the molecule is Cc1ccc(CN2C(=O)C3CCCCC3C2=O)cc1S(=O)(=O)NCCC(C)C. The third kappa shape index (κ3) is 4.30. The lowest BCUT2D eigenvalue weighted by Crippen LogP contribution is -2.31. The molecule has 1 aliphatic carbocycles. The van der Waals surface area contributed by atoms with Gasteiger partial charge in [-0.15, -0.1) is 0 Å². The summed E-state index contributed by atoms with van der Waals surface area (Å²) in [5.74, 6) is -0.171. The van der Waals surface area contributed by atoms with Crippen molar-refractivity contribution in [2.45, 2.75) is 64.3 Å². The standard InChI is InChI=1S/C21H30N2O4S/c1-14(2)10-11-22-28(26,27)19-12-16(9-8-15(19)3)13-23-20(24)17-6-4-5-7-18(17)21(23)25/h8-9,12,14,17-18,22H,4-7,10-11,13H2,1-3H3. The van der Waals surface area contributed by atoms with Crippen molar-refractivity contribution < 1.29 is 18.0 Å². The van der Waals surface area contributed by atoms with E-state index in [1.165, 1.54) is 4.90 Å². The predicted octanol–water partition coefficient (Wildman–Crippen LogP) is 2.99. The molecule has 0 radical (unpaired) electrons. The van der Waals surface area contributed by atoms with E-state index >= 15 is 0 Å². The lowest BCUT2D eigenvalue weighted by Gasteiger charge is -2.19. The number of rotatable bonds is 7. The Bertz CT molecular complexity index is 839. The molecule has 1 heterocycles. The topological polar surface area (TPSA) is 83.6 Å². The quantitative estimate of drug-likeness (QED) is 0.706. The number of imide groups is 1. The number of likely N-dealkylation sites (tertiary alicyclic amines) is 1. The first-order chi connectivity index (χ1) is 13.2. The van der Waals surface area contributed by atoms with E-state index in [1.54, 1.807) is 25.1 Å². The number of carbonyl (C=O) groups is 2. The van der Waals surface area contributed by atoms with Crippen LogP contribution in [0.15, 0.2) is 23.1 Å². The predicted molar refractivity (Wildman–Crippen MR) is 107 cm³/mol. The van der Waals surface area contributed by atoms with Gasteiger partial charge < -0.3 is 0 Å². The summed E-state index contributed by atoms with van der Waals surface area (Å²) < 4.78 is 28.0. The summed E-state index contributed by atoms with van der Waals surface area (Å²) in [7, 11) is -3.63. The van der Waals surface area contributed by atoms with Crippen molar-refractivity contribution in [3.05, 3.63) is 29.3 Å². The summed E-state index contributed by atoms with van der Waals surface area (Å²) in [6.07, 6.45) is 4.29. The lowest BCUT2D eigenvalue weighted by atomic mass is 9.81. The van der Waals surface area contributed by atoms with Gasteiger partial charge in [-0.2, -0.15) is 0 Å². The van der Waals surface area contributed by atoms with E-state index in [4.69, 9.17) is 0 Å². The summed E-state index contributed by atoms with van der Waals surface area (Å²) in [6.45, 7) is 6.36. The summed E-state index contributed by atoms with van der Waals surface area (Å²) in [5, 5.41) is 0. The van der Waals surface area contributed by atoms with Crippen LogP contribution in [0.25, 0.3) is 0 Å². The van der Waals surface area contributed by atoms with Crippen molar-refractivity contribution in [1.82, 2.24) is 9.62 Å². The monoisotopic (exact) mass is 406 g/mol. The third-order valence-electron chi connectivity index (χ3n) is 5.83. The number of amides is 2. The highest BCUT2D eigenvalue weighted by molar-refractivity contribution is 7.89. The second-order valence-electron chi connectivity index (χ2n) is 8.44. The molecule has 1 saturated carbocycles. The van der Waals surface area contributed by atoms with Crippen molar-refractivity contribution in [2.24, 2.45) is 17.8 Å². The van der Waals surface area contributed by atoms with E-state index in [2.05, 4.69) is 4.72 Å². The Morgan fingerprint density at radius 1 is 1.11 bits per heavy atom. The molecule has 154 valence electrons. The summed E-state index contributed by atoms with van der Waals surface area (Å²) in [4.78, 5) is 26.9. The Kier molecular flexibility index (Phi) is 6.25. The minimum Gasteiger partial charge on any atom is -0.278 e. The largest absolute Gasteiger partial charge is 0.278 e. The highest BCUT2D eigenvalue weighted by Gasteiger charge is 2.47. The van der Waals surface area contributed by atoms with Crippen LogP contribution in [-0.2, 0) is 26.2 Å². The maximum atomic E-state index is 12.7. The molecule has 1 aromatic carbocycles. The molecule has 0 spiro atoms. The molecule has 1 N–H and O–H groups in total.